The second kappa shape index (κ2) is 17.2. The Bertz CT molecular complexity index is 1850. The molecule has 1 amide bonds. The molecule has 0 aromatic carbocycles. The topological polar surface area (TPSA) is 220 Å². The summed E-state index contributed by atoms with van der Waals surface area (Å²) in [5.74, 6) is 0.131. The number of aliphatic hydroxyl groups excluding tert-OH is 1. The number of ether oxygens (including phenoxy) is 5. The average molecular weight is 800 g/mol. The van der Waals surface area contributed by atoms with Gasteiger partial charge in [-0.3, -0.25) is 14.5 Å². The minimum atomic E-state index is -3.22. The van der Waals surface area contributed by atoms with E-state index in [0.29, 0.717) is 17.9 Å². The Balaban J connectivity index is 1.49. The fourth-order valence-corrected chi connectivity index (χ4v) is 8.38. The van der Waals surface area contributed by atoms with E-state index in [0.717, 1.165) is 6.92 Å². The second-order valence-electron chi connectivity index (χ2n) is 15.9. The van der Waals surface area contributed by atoms with Crippen LogP contribution in [-0.4, -0.2) is 132 Å². The molecule has 0 saturated carbocycles. The number of aromatic nitrogens is 5. The van der Waals surface area contributed by atoms with E-state index in [1.54, 1.807) is 59.3 Å². The van der Waals surface area contributed by atoms with Gasteiger partial charge in [-0.15, -0.1) is 5.10 Å². The number of carbonyl (C=O) groups is 4. The number of hydrogen-bond donors (Lipinski definition) is 2. The summed E-state index contributed by atoms with van der Waals surface area (Å²) < 4.78 is 48.1. The highest BCUT2D eigenvalue weighted by Crippen LogP contribution is 2.43. The van der Waals surface area contributed by atoms with Crippen molar-refractivity contribution in [3.8, 4) is 23.4 Å². The van der Waals surface area contributed by atoms with Gasteiger partial charge in [0.2, 0.25) is 0 Å². The number of hydrogen-bond acceptors (Lipinski definition) is 15. The van der Waals surface area contributed by atoms with Crippen molar-refractivity contribution >= 4 is 23.6 Å². The maximum atomic E-state index is 16.7. The molecule has 17 nitrogen and oxygen atoms in total. The molecule has 13 atom stereocenters. The molecule has 5 heterocycles. The predicted octanol–water partition coefficient (Wildman–Crippen LogP) is 2.43. The number of Topliss-reactive ketones (excluding diaryl/α,β-unsaturated/α-hetero) is 2. The van der Waals surface area contributed by atoms with Crippen LogP contribution in [-0.2, 0) is 44.6 Å². The largest absolute Gasteiger partial charge is 0.455 e. The summed E-state index contributed by atoms with van der Waals surface area (Å²) in [6, 6.07) is -0.105. The molecule has 0 aliphatic carbocycles. The molecule has 57 heavy (non-hydrogen) atoms. The van der Waals surface area contributed by atoms with Crippen LogP contribution < -0.4 is 5.73 Å². The van der Waals surface area contributed by atoms with Gasteiger partial charge < -0.3 is 34.5 Å². The molecule has 0 radical (unpaired) electrons. The minimum absolute atomic E-state index is 0.0322. The van der Waals surface area contributed by atoms with Crippen molar-refractivity contribution in [2.45, 2.75) is 141 Å². The second-order valence-corrected chi connectivity index (χ2v) is 15.9. The van der Waals surface area contributed by atoms with Gasteiger partial charge in [0.25, 0.3) is 5.67 Å². The van der Waals surface area contributed by atoms with Gasteiger partial charge in [-0.25, -0.2) is 28.6 Å². The molecule has 0 bridgehead atoms. The normalized spacial score (nSPS) is 38.1. The lowest BCUT2D eigenvalue weighted by atomic mass is 9.73. The zero-order chi connectivity index (χ0) is 42.0. The third-order valence-electron chi connectivity index (χ3n) is 11.5. The Morgan fingerprint density at radius 1 is 1.05 bits per heavy atom. The van der Waals surface area contributed by atoms with Gasteiger partial charge in [-0.2, -0.15) is 0 Å². The molecular weight excluding hydrogens is 745 g/mol. The molecule has 2 aromatic heterocycles. The number of carbonyl (C=O) groups excluding carboxylic acids is 4. The summed E-state index contributed by atoms with van der Waals surface area (Å²) >= 11 is 0. The zero-order valence-electron chi connectivity index (χ0n) is 33.9. The van der Waals surface area contributed by atoms with E-state index in [1.807, 2.05) is 0 Å². The maximum absolute atomic E-state index is 16.7. The summed E-state index contributed by atoms with van der Waals surface area (Å²) in [6.45, 7) is 11.9. The molecule has 3 aliphatic rings. The first-order valence-corrected chi connectivity index (χ1v) is 19.2. The van der Waals surface area contributed by atoms with E-state index in [4.69, 9.17) is 29.4 Å². The Morgan fingerprint density at radius 3 is 2.37 bits per heavy atom. The number of methoxy groups -OCH3 is 1. The van der Waals surface area contributed by atoms with Crippen molar-refractivity contribution in [1.82, 2.24) is 29.9 Å². The average Bonchev–Trinajstić information content (AvgIpc) is 3.76. The van der Waals surface area contributed by atoms with Gasteiger partial charge >= 0.3 is 12.1 Å². The lowest BCUT2D eigenvalue weighted by molar-refractivity contribution is -0.288. The molecular formula is C39H54FN7O10. The Kier molecular flexibility index (Phi) is 13.2. The van der Waals surface area contributed by atoms with Crippen molar-refractivity contribution in [3.05, 3.63) is 24.7 Å². The standard InChI is InChI=1S/C39H54FN7O10/c1-10-27-39(8)30(47(36(52)57-39)17-12-11-16-46-20-26(44-45-46)33-42-14-13-15-43-33)23(4)28(48)21(2)19-37(6,53-9)32(24(5)31(50)38(7,40)35(51)55-27)56-34-29(49)25(41)18-22(3)54-34/h13-15,20-25,27,29-30,32,34,49H,10,16-19,41H2,1-9H3/t21-,22-,23+,24+,25?,27-,29?,30-,32-,34+,37-,38+,39-/m1/s1. The molecule has 3 fully saturated rings. The first-order valence-electron chi connectivity index (χ1n) is 19.2. The Labute approximate surface area is 331 Å². The molecule has 0 spiro atoms. The van der Waals surface area contributed by atoms with Crippen molar-refractivity contribution in [2.24, 2.45) is 23.5 Å². The number of alkyl halides is 1. The van der Waals surface area contributed by atoms with E-state index in [-0.39, 0.29) is 31.7 Å². The SMILES string of the molecule is CC[C@H]1OC(=O)[C@@](C)(F)C(=O)[C@H](C)[C@@H](O[C@@H]2O[C@H](C)CC(N)C2O)[C@](C)(OC)C[C@@H](C)C(=O)[C@H](C)[C@H]2N(CC#CCn3cc(-c4ncccn4)nn3)C(=O)O[C@]12C. The van der Waals surface area contributed by atoms with E-state index >= 15 is 4.39 Å². The van der Waals surface area contributed by atoms with E-state index in [2.05, 4.69) is 32.1 Å². The molecule has 3 aliphatic heterocycles. The van der Waals surface area contributed by atoms with Gasteiger partial charge in [0.15, 0.2) is 23.5 Å². The lowest BCUT2D eigenvalue weighted by Crippen LogP contribution is -2.61. The highest BCUT2D eigenvalue weighted by atomic mass is 19.1. The summed E-state index contributed by atoms with van der Waals surface area (Å²) in [6.07, 6.45) is -1.46. The minimum Gasteiger partial charge on any atom is -0.455 e. The van der Waals surface area contributed by atoms with Crippen LogP contribution in [0.25, 0.3) is 11.5 Å². The molecule has 3 N–H and O–H groups in total. The van der Waals surface area contributed by atoms with Gasteiger partial charge in [-0.05, 0) is 53.0 Å². The number of esters is 1. The van der Waals surface area contributed by atoms with Crippen LogP contribution >= 0.6 is 0 Å². The van der Waals surface area contributed by atoms with Crippen molar-refractivity contribution < 1.29 is 52.4 Å². The van der Waals surface area contributed by atoms with Gasteiger partial charge in [0, 0.05) is 43.3 Å². The van der Waals surface area contributed by atoms with Gasteiger partial charge in [0.1, 0.15) is 30.2 Å². The van der Waals surface area contributed by atoms with Crippen LogP contribution in [0.5, 0.6) is 0 Å². The third kappa shape index (κ3) is 8.72. The monoisotopic (exact) mass is 799 g/mol. The van der Waals surface area contributed by atoms with E-state index < -0.39 is 95.3 Å². The van der Waals surface area contributed by atoms with Crippen molar-refractivity contribution in [2.75, 3.05) is 13.7 Å². The maximum Gasteiger partial charge on any atom is 0.411 e. The number of cyclic esters (lactones) is 1. The molecule has 2 unspecified atom stereocenters. The zero-order valence-corrected chi connectivity index (χ0v) is 33.9. The number of amides is 1. The number of nitrogens with zero attached hydrogens (tertiary/aromatic N) is 6. The lowest BCUT2D eigenvalue weighted by Gasteiger charge is -2.46. The number of ketones is 2. The van der Waals surface area contributed by atoms with E-state index in [9.17, 15) is 24.3 Å². The highest BCUT2D eigenvalue weighted by molar-refractivity contribution is 6.08. The van der Waals surface area contributed by atoms with Gasteiger partial charge in [0.05, 0.1) is 36.6 Å². The molecule has 2 aromatic rings. The fourth-order valence-electron chi connectivity index (χ4n) is 8.38. The first kappa shape index (κ1) is 43.7. The number of fused-ring (bicyclic) bond motifs is 1. The van der Waals surface area contributed by atoms with Crippen LogP contribution in [0.2, 0.25) is 0 Å². The van der Waals surface area contributed by atoms with Crippen LogP contribution in [0.4, 0.5) is 9.18 Å². The van der Waals surface area contributed by atoms with Crippen LogP contribution in [0.15, 0.2) is 24.7 Å². The number of nitrogens with two attached hydrogens (primary N) is 1. The van der Waals surface area contributed by atoms with E-state index in [1.165, 1.54) is 30.5 Å². The summed E-state index contributed by atoms with van der Waals surface area (Å²) in [4.78, 5) is 65.8. The summed E-state index contributed by atoms with van der Waals surface area (Å²) in [7, 11) is 1.36. The molecule has 5 rings (SSSR count). The number of halogens is 1. The quantitative estimate of drug-likeness (QED) is 0.233. The van der Waals surface area contributed by atoms with Gasteiger partial charge in [-0.1, -0.05) is 44.7 Å². The smallest absolute Gasteiger partial charge is 0.411 e. The van der Waals surface area contributed by atoms with Crippen LogP contribution in [0.1, 0.15) is 74.7 Å². The third-order valence-corrected chi connectivity index (χ3v) is 11.5. The fraction of sp³-hybridized carbons (Fsp3) is 0.692. The molecule has 3 saturated heterocycles. The Hall–Kier alpha value is -4.41. The summed E-state index contributed by atoms with van der Waals surface area (Å²) in [5.41, 5.74) is 0.216. The number of rotatable bonds is 7. The molecule has 18 heteroatoms. The van der Waals surface area contributed by atoms with Crippen molar-refractivity contribution in [1.29, 1.82) is 0 Å². The van der Waals surface area contributed by atoms with Crippen molar-refractivity contribution in [3.63, 3.8) is 0 Å². The first-order chi connectivity index (χ1) is 26.8. The summed E-state index contributed by atoms with van der Waals surface area (Å²) in [5, 5.41) is 19.1. The van der Waals surface area contributed by atoms with Crippen LogP contribution in [0, 0.1) is 29.6 Å². The Morgan fingerprint density at radius 2 is 1.72 bits per heavy atom. The highest BCUT2D eigenvalue weighted by Gasteiger charge is 2.61. The number of aliphatic hydroxyl groups is 1. The van der Waals surface area contributed by atoms with Crippen LogP contribution in [0.3, 0.4) is 0 Å². The molecule has 312 valence electrons. The predicted molar refractivity (Wildman–Crippen MR) is 199 cm³/mol.